The molecule has 0 aliphatic carbocycles. The molecule has 1 aromatic carbocycles. The third-order valence-corrected chi connectivity index (χ3v) is 4.14. The van der Waals surface area contributed by atoms with Crippen molar-refractivity contribution in [2.75, 3.05) is 5.75 Å². The van der Waals surface area contributed by atoms with E-state index in [2.05, 4.69) is 19.1 Å². The quantitative estimate of drug-likeness (QED) is 0.583. The lowest BCUT2D eigenvalue weighted by Crippen LogP contribution is -2.17. The molecule has 0 heterocycles. The van der Waals surface area contributed by atoms with Gasteiger partial charge in [-0.05, 0) is 43.2 Å². The first kappa shape index (κ1) is 14.9. The Bertz CT molecular complexity index is 339. The van der Waals surface area contributed by atoms with Crippen molar-refractivity contribution >= 4 is 23.4 Å². The highest BCUT2D eigenvalue weighted by atomic mass is 35.5. The second-order valence-electron chi connectivity index (χ2n) is 4.50. The molecule has 1 nitrogen and oxygen atoms in total. The summed E-state index contributed by atoms with van der Waals surface area (Å²) >= 11 is 8.12. The first-order valence-electron chi connectivity index (χ1n) is 6.30. The maximum Gasteiger partial charge on any atom is 0.0544 e. The van der Waals surface area contributed by atoms with Crippen LogP contribution in [-0.2, 0) is 6.42 Å². The zero-order valence-electron chi connectivity index (χ0n) is 10.7. The van der Waals surface area contributed by atoms with Gasteiger partial charge in [-0.1, -0.05) is 37.4 Å². The van der Waals surface area contributed by atoms with Gasteiger partial charge in [0.2, 0.25) is 0 Å². The van der Waals surface area contributed by atoms with Gasteiger partial charge >= 0.3 is 0 Å². The van der Waals surface area contributed by atoms with E-state index >= 15 is 0 Å². The molecule has 2 N–H and O–H groups in total. The molecule has 3 heteroatoms. The SMILES string of the molecule is CCCCCSc1ccc(CC(C)N)cc1Cl. The Morgan fingerprint density at radius 2 is 2.12 bits per heavy atom. The van der Waals surface area contributed by atoms with Crippen molar-refractivity contribution in [1.82, 2.24) is 0 Å². The van der Waals surface area contributed by atoms with Crippen molar-refractivity contribution < 1.29 is 0 Å². The molecule has 1 aromatic rings. The first-order chi connectivity index (χ1) is 8.13. The van der Waals surface area contributed by atoms with Crippen LogP contribution in [0.4, 0.5) is 0 Å². The number of rotatable bonds is 7. The zero-order valence-corrected chi connectivity index (χ0v) is 12.3. The lowest BCUT2D eigenvalue weighted by molar-refractivity contribution is 0.737. The number of nitrogens with two attached hydrogens (primary N) is 1. The average Bonchev–Trinajstić information content (AvgIpc) is 2.26. The first-order valence-corrected chi connectivity index (χ1v) is 7.66. The minimum atomic E-state index is 0.189. The molecule has 0 aromatic heterocycles. The minimum absolute atomic E-state index is 0.189. The van der Waals surface area contributed by atoms with Gasteiger partial charge in [-0.25, -0.2) is 0 Å². The molecular formula is C14H22ClNS. The van der Waals surface area contributed by atoms with E-state index < -0.39 is 0 Å². The number of unbranched alkanes of at least 4 members (excludes halogenated alkanes) is 2. The number of hydrogen-bond donors (Lipinski definition) is 1. The molecule has 1 unspecified atom stereocenters. The molecule has 0 aliphatic heterocycles. The summed E-state index contributed by atoms with van der Waals surface area (Å²) in [5.41, 5.74) is 7.00. The van der Waals surface area contributed by atoms with Crippen molar-refractivity contribution in [3.8, 4) is 0 Å². The molecule has 17 heavy (non-hydrogen) atoms. The van der Waals surface area contributed by atoms with Crippen LogP contribution in [0.25, 0.3) is 0 Å². The van der Waals surface area contributed by atoms with Gasteiger partial charge in [0.15, 0.2) is 0 Å². The highest BCUT2D eigenvalue weighted by Gasteiger charge is 2.04. The summed E-state index contributed by atoms with van der Waals surface area (Å²) in [7, 11) is 0. The molecule has 0 saturated heterocycles. The van der Waals surface area contributed by atoms with Gasteiger partial charge in [0.1, 0.15) is 0 Å². The fourth-order valence-corrected chi connectivity index (χ4v) is 2.99. The monoisotopic (exact) mass is 271 g/mol. The smallest absolute Gasteiger partial charge is 0.0544 e. The van der Waals surface area contributed by atoms with Crippen LogP contribution < -0.4 is 5.73 Å². The van der Waals surface area contributed by atoms with Crippen LogP contribution in [0.1, 0.15) is 38.7 Å². The van der Waals surface area contributed by atoms with Crippen LogP contribution in [0.3, 0.4) is 0 Å². The zero-order chi connectivity index (χ0) is 12.7. The van der Waals surface area contributed by atoms with Crippen LogP contribution in [0, 0.1) is 0 Å². The third kappa shape index (κ3) is 5.80. The average molecular weight is 272 g/mol. The molecule has 0 fully saturated rings. The highest BCUT2D eigenvalue weighted by Crippen LogP contribution is 2.29. The lowest BCUT2D eigenvalue weighted by atomic mass is 10.1. The largest absolute Gasteiger partial charge is 0.328 e. The Balaban J connectivity index is 2.51. The summed E-state index contributed by atoms with van der Waals surface area (Å²) in [6.07, 6.45) is 4.72. The van der Waals surface area contributed by atoms with E-state index in [1.54, 1.807) is 0 Å². The maximum atomic E-state index is 6.26. The van der Waals surface area contributed by atoms with E-state index in [0.29, 0.717) is 0 Å². The van der Waals surface area contributed by atoms with Crippen molar-refractivity contribution in [1.29, 1.82) is 0 Å². The molecule has 0 aliphatic rings. The molecule has 0 spiro atoms. The van der Waals surface area contributed by atoms with E-state index in [-0.39, 0.29) is 6.04 Å². The van der Waals surface area contributed by atoms with E-state index in [9.17, 15) is 0 Å². The van der Waals surface area contributed by atoms with E-state index in [0.717, 1.165) is 17.2 Å². The minimum Gasteiger partial charge on any atom is -0.328 e. The van der Waals surface area contributed by atoms with E-state index in [4.69, 9.17) is 17.3 Å². The number of halogens is 1. The Kier molecular flexibility index (Phi) is 7.02. The predicted octanol–water partition coefficient (Wildman–Crippen LogP) is 4.51. The molecule has 0 radical (unpaired) electrons. The fraction of sp³-hybridized carbons (Fsp3) is 0.571. The summed E-state index contributed by atoms with van der Waals surface area (Å²) in [4.78, 5) is 1.19. The molecular weight excluding hydrogens is 250 g/mol. The van der Waals surface area contributed by atoms with Crippen LogP contribution in [0.2, 0.25) is 5.02 Å². The van der Waals surface area contributed by atoms with Gasteiger partial charge in [0, 0.05) is 10.9 Å². The van der Waals surface area contributed by atoms with Crippen LogP contribution >= 0.6 is 23.4 Å². The summed E-state index contributed by atoms with van der Waals surface area (Å²) in [5, 5.41) is 0.865. The summed E-state index contributed by atoms with van der Waals surface area (Å²) in [5.74, 6) is 1.15. The number of benzene rings is 1. The van der Waals surface area contributed by atoms with Crippen LogP contribution in [0.15, 0.2) is 23.1 Å². The number of hydrogen-bond acceptors (Lipinski definition) is 2. The van der Waals surface area contributed by atoms with Gasteiger partial charge in [0.25, 0.3) is 0 Å². The topological polar surface area (TPSA) is 26.0 Å². The molecule has 1 rings (SSSR count). The molecule has 0 saturated carbocycles. The third-order valence-electron chi connectivity index (χ3n) is 2.56. The predicted molar refractivity (Wildman–Crippen MR) is 79.1 cm³/mol. The van der Waals surface area contributed by atoms with Crippen LogP contribution in [0.5, 0.6) is 0 Å². The summed E-state index contributed by atoms with van der Waals surface area (Å²) in [6, 6.07) is 6.50. The van der Waals surface area contributed by atoms with Gasteiger partial charge in [-0.2, -0.15) is 0 Å². The second kappa shape index (κ2) is 8.02. The van der Waals surface area contributed by atoms with E-state index in [1.165, 1.54) is 29.7 Å². The molecule has 96 valence electrons. The normalized spacial score (nSPS) is 12.7. The Morgan fingerprint density at radius 3 is 2.71 bits per heavy atom. The van der Waals surface area contributed by atoms with E-state index in [1.807, 2.05) is 24.8 Å². The Hall–Kier alpha value is -0.180. The maximum absolute atomic E-state index is 6.26. The highest BCUT2D eigenvalue weighted by molar-refractivity contribution is 7.99. The second-order valence-corrected chi connectivity index (χ2v) is 6.05. The fourth-order valence-electron chi connectivity index (χ4n) is 1.69. The molecule has 0 amide bonds. The standard InChI is InChI=1S/C14H22ClNS/c1-3-4-5-8-17-14-7-6-12(9-11(2)16)10-13(14)15/h6-7,10-11H,3-5,8-9,16H2,1-2H3. The van der Waals surface area contributed by atoms with Gasteiger partial charge in [-0.3, -0.25) is 0 Å². The van der Waals surface area contributed by atoms with Gasteiger partial charge < -0.3 is 5.73 Å². The van der Waals surface area contributed by atoms with Crippen molar-refractivity contribution in [3.63, 3.8) is 0 Å². The Labute approximate surface area is 114 Å². The summed E-state index contributed by atoms with van der Waals surface area (Å²) in [6.45, 7) is 4.24. The lowest BCUT2D eigenvalue weighted by Gasteiger charge is -2.08. The van der Waals surface area contributed by atoms with Crippen molar-refractivity contribution in [3.05, 3.63) is 28.8 Å². The summed E-state index contributed by atoms with van der Waals surface area (Å²) < 4.78 is 0. The van der Waals surface area contributed by atoms with Gasteiger partial charge in [0.05, 0.1) is 5.02 Å². The van der Waals surface area contributed by atoms with Crippen molar-refractivity contribution in [2.45, 2.75) is 50.5 Å². The Morgan fingerprint density at radius 1 is 1.35 bits per heavy atom. The van der Waals surface area contributed by atoms with Crippen molar-refractivity contribution in [2.24, 2.45) is 5.73 Å². The number of thioether (sulfide) groups is 1. The molecule has 1 atom stereocenters. The van der Waals surface area contributed by atoms with Crippen LogP contribution in [-0.4, -0.2) is 11.8 Å². The molecule has 0 bridgehead atoms. The van der Waals surface area contributed by atoms with Gasteiger partial charge in [-0.15, -0.1) is 11.8 Å².